The molecule has 4 rings (SSSR count). The zero-order valence-corrected chi connectivity index (χ0v) is 19.3. The fraction of sp³-hybridized carbons (Fsp3) is 0.208. The van der Waals surface area contributed by atoms with Gasteiger partial charge in [0.15, 0.2) is 0 Å². The Balaban J connectivity index is 1.46. The number of aromatic nitrogens is 1. The van der Waals surface area contributed by atoms with Crippen LogP contribution in [0.15, 0.2) is 82.5 Å². The minimum absolute atomic E-state index is 0.108. The molecule has 0 spiro atoms. The largest absolute Gasteiger partial charge is 0.496 e. The van der Waals surface area contributed by atoms with Crippen molar-refractivity contribution in [1.82, 2.24) is 9.29 Å². The molecule has 0 aliphatic carbocycles. The molecule has 32 heavy (non-hydrogen) atoms. The van der Waals surface area contributed by atoms with Crippen LogP contribution in [-0.2, 0) is 23.0 Å². The van der Waals surface area contributed by atoms with Crippen LogP contribution in [0.4, 0.5) is 0 Å². The molecule has 8 heteroatoms. The first kappa shape index (κ1) is 22.3. The summed E-state index contributed by atoms with van der Waals surface area (Å²) >= 11 is 1.06. The first-order chi connectivity index (χ1) is 15.5. The van der Waals surface area contributed by atoms with Gasteiger partial charge in [0.2, 0.25) is 10.0 Å². The van der Waals surface area contributed by atoms with Crippen molar-refractivity contribution in [1.29, 1.82) is 0 Å². The second-order valence-electron chi connectivity index (χ2n) is 7.38. The van der Waals surface area contributed by atoms with E-state index in [1.165, 1.54) is 0 Å². The second kappa shape index (κ2) is 9.68. The normalized spacial score (nSPS) is 11.7. The number of hydrogen-bond donors (Lipinski definition) is 1. The van der Waals surface area contributed by atoms with Crippen LogP contribution in [-0.4, -0.2) is 26.6 Å². The van der Waals surface area contributed by atoms with E-state index in [1.807, 2.05) is 54.6 Å². The van der Waals surface area contributed by atoms with Crippen LogP contribution in [0.25, 0.3) is 10.2 Å². The van der Waals surface area contributed by atoms with Gasteiger partial charge in [-0.15, -0.1) is 0 Å². The SMILES string of the molecule is COc1ccccc1CCCNS(=O)(=O)c1ccc2c(c1)sc(=O)n2Cc1ccccc1. The third-order valence-corrected chi connectivity index (χ3v) is 7.64. The van der Waals surface area contributed by atoms with E-state index in [0.29, 0.717) is 30.6 Å². The van der Waals surface area contributed by atoms with Crippen LogP contribution in [0, 0.1) is 0 Å². The summed E-state index contributed by atoms with van der Waals surface area (Å²) in [7, 11) is -2.05. The Kier molecular flexibility index (Phi) is 6.74. The number of benzene rings is 3. The number of methoxy groups -OCH3 is 1. The van der Waals surface area contributed by atoms with Gasteiger partial charge >= 0.3 is 4.87 Å². The summed E-state index contributed by atoms with van der Waals surface area (Å²) in [5.41, 5.74) is 2.79. The van der Waals surface area contributed by atoms with E-state index in [2.05, 4.69) is 4.72 Å². The molecule has 0 atom stereocenters. The van der Waals surface area contributed by atoms with E-state index in [-0.39, 0.29) is 9.77 Å². The van der Waals surface area contributed by atoms with Gasteiger partial charge in [-0.1, -0.05) is 59.9 Å². The van der Waals surface area contributed by atoms with Gasteiger partial charge < -0.3 is 4.74 Å². The molecule has 0 aliphatic heterocycles. The lowest BCUT2D eigenvalue weighted by Gasteiger charge is -2.10. The van der Waals surface area contributed by atoms with E-state index < -0.39 is 10.0 Å². The standard InChI is InChI=1S/C24H24N2O4S2/c1-30-22-12-6-5-10-19(22)11-7-15-25-32(28,29)20-13-14-21-23(16-20)31-24(27)26(21)17-18-8-3-2-4-9-18/h2-6,8-10,12-14,16,25H,7,11,15,17H2,1H3. The minimum atomic E-state index is -3.67. The molecule has 1 heterocycles. The molecule has 0 radical (unpaired) electrons. The lowest BCUT2D eigenvalue weighted by molar-refractivity contribution is 0.409. The van der Waals surface area contributed by atoms with Gasteiger partial charge in [0.05, 0.1) is 28.8 Å². The van der Waals surface area contributed by atoms with Crippen molar-refractivity contribution in [2.24, 2.45) is 0 Å². The molecule has 0 bridgehead atoms. The summed E-state index contributed by atoms with van der Waals surface area (Å²) in [5.74, 6) is 0.802. The Bertz CT molecular complexity index is 1380. The van der Waals surface area contributed by atoms with Gasteiger partial charge in [-0.2, -0.15) is 0 Å². The number of sulfonamides is 1. The predicted octanol–water partition coefficient (Wildman–Crippen LogP) is 4.03. The molecule has 1 aromatic heterocycles. The maximum atomic E-state index is 12.8. The Morgan fingerprint density at radius 1 is 1.00 bits per heavy atom. The monoisotopic (exact) mass is 468 g/mol. The Labute approximate surface area is 191 Å². The molecule has 0 fully saturated rings. The van der Waals surface area contributed by atoms with Crippen molar-refractivity contribution in [2.75, 3.05) is 13.7 Å². The third kappa shape index (κ3) is 4.93. The van der Waals surface area contributed by atoms with Crippen molar-refractivity contribution in [3.63, 3.8) is 0 Å². The fourth-order valence-electron chi connectivity index (χ4n) is 3.61. The summed E-state index contributed by atoms with van der Waals surface area (Å²) in [6.07, 6.45) is 1.35. The lowest BCUT2D eigenvalue weighted by Crippen LogP contribution is -2.25. The van der Waals surface area contributed by atoms with E-state index in [0.717, 1.165) is 33.7 Å². The highest BCUT2D eigenvalue weighted by molar-refractivity contribution is 7.89. The van der Waals surface area contributed by atoms with Crippen LogP contribution in [0.2, 0.25) is 0 Å². The van der Waals surface area contributed by atoms with Crippen molar-refractivity contribution in [2.45, 2.75) is 24.3 Å². The molecule has 1 N–H and O–H groups in total. The van der Waals surface area contributed by atoms with Gasteiger partial charge in [-0.3, -0.25) is 9.36 Å². The van der Waals surface area contributed by atoms with E-state index in [1.54, 1.807) is 29.9 Å². The number of fused-ring (bicyclic) bond motifs is 1. The number of ether oxygens (including phenoxy) is 1. The average molecular weight is 469 g/mol. The number of nitrogens with zero attached hydrogens (tertiary/aromatic N) is 1. The van der Waals surface area contributed by atoms with Crippen LogP contribution < -0.4 is 14.3 Å². The van der Waals surface area contributed by atoms with Gasteiger partial charge in [0.1, 0.15) is 5.75 Å². The average Bonchev–Trinajstić information content (AvgIpc) is 3.12. The number of aryl methyl sites for hydroxylation is 1. The highest BCUT2D eigenvalue weighted by Crippen LogP contribution is 2.23. The summed E-state index contributed by atoms with van der Waals surface area (Å²) < 4.78 is 35.9. The Hall–Kier alpha value is -2.94. The quantitative estimate of drug-likeness (QED) is 0.376. The number of rotatable bonds is 9. The molecule has 0 amide bonds. The number of para-hydroxylation sites is 1. The van der Waals surface area contributed by atoms with Crippen molar-refractivity contribution < 1.29 is 13.2 Å². The summed E-state index contributed by atoms with van der Waals surface area (Å²) in [5, 5.41) is 0. The summed E-state index contributed by atoms with van der Waals surface area (Å²) in [6.45, 7) is 0.761. The summed E-state index contributed by atoms with van der Waals surface area (Å²) in [6, 6.07) is 22.3. The molecule has 0 saturated carbocycles. The van der Waals surface area contributed by atoms with E-state index >= 15 is 0 Å². The molecular weight excluding hydrogens is 444 g/mol. The predicted molar refractivity (Wildman–Crippen MR) is 128 cm³/mol. The molecule has 0 aliphatic rings. The first-order valence-electron chi connectivity index (χ1n) is 10.3. The molecule has 4 aromatic rings. The molecular formula is C24H24N2O4S2. The smallest absolute Gasteiger partial charge is 0.308 e. The topological polar surface area (TPSA) is 77.4 Å². The van der Waals surface area contributed by atoms with Gasteiger partial charge in [0, 0.05) is 6.54 Å². The number of thiazole rings is 1. The molecule has 6 nitrogen and oxygen atoms in total. The Morgan fingerprint density at radius 3 is 2.53 bits per heavy atom. The molecule has 0 unspecified atom stereocenters. The van der Waals surface area contributed by atoms with Crippen LogP contribution in [0.5, 0.6) is 5.75 Å². The van der Waals surface area contributed by atoms with Crippen molar-refractivity contribution in [3.05, 3.63) is 93.6 Å². The van der Waals surface area contributed by atoms with E-state index in [9.17, 15) is 13.2 Å². The number of hydrogen-bond acceptors (Lipinski definition) is 5. The Morgan fingerprint density at radius 2 is 1.75 bits per heavy atom. The maximum absolute atomic E-state index is 12.8. The zero-order chi connectivity index (χ0) is 22.6. The highest BCUT2D eigenvalue weighted by atomic mass is 32.2. The van der Waals surface area contributed by atoms with Gasteiger partial charge in [-0.25, -0.2) is 13.1 Å². The van der Waals surface area contributed by atoms with Crippen LogP contribution in [0.3, 0.4) is 0 Å². The van der Waals surface area contributed by atoms with Gasteiger partial charge in [-0.05, 0) is 48.2 Å². The van der Waals surface area contributed by atoms with Crippen molar-refractivity contribution >= 4 is 31.6 Å². The summed E-state index contributed by atoms with van der Waals surface area (Å²) in [4.78, 5) is 12.6. The maximum Gasteiger partial charge on any atom is 0.308 e. The first-order valence-corrected chi connectivity index (χ1v) is 12.6. The lowest BCUT2D eigenvalue weighted by atomic mass is 10.1. The molecule has 166 valence electrons. The van der Waals surface area contributed by atoms with Gasteiger partial charge in [0.25, 0.3) is 0 Å². The second-order valence-corrected chi connectivity index (χ2v) is 10.1. The van der Waals surface area contributed by atoms with Crippen molar-refractivity contribution in [3.8, 4) is 5.75 Å². The zero-order valence-electron chi connectivity index (χ0n) is 17.7. The molecule has 3 aromatic carbocycles. The van der Waals surface area contributed by atoms with E-state index in [4.69, 9.17) is 4.74 Å². The van der Waals surface area contributed by atoms with Crippen LogP contribution in [0.1, 0.15) is 17.5 Å². The highest BCUT2D eigenvalue weighted by Gasteiger charge is 2.17. The fourth-order valence-corrected chi connectivity index (χ4v) is 5.71. The van der Waals surface area contributed by atoms with Crippen LogP contribution >= 0.6 is 11.3 Å². The number of nitrogens with one attached hydrogen (secondary N) is 1. The molecule has 0 saturated heterocycles. The minimum Gasteiger partial charge on any atom is -0.496 e. The third-order valence-electron chi connectivity index (χ3n) is 5.24.